The quantitative estimate of drug-likeness (QED) is 0.403. The van der Waals surface area contributed by atoms with E-state index in [0.29, 0.717) is 36.8 Å². The predicted octanol–water partition coefficient (Wildman–Crippen LogP) is 4.13. The number of ether oxygens (including phenoxy) is 4. The smallest absolute Gasteiger partial charge is 0.339 e. The van der Waals surface area contributed by atoms with Crippen LogP contribution in [0.25, 0.3) is 0 Å². The number of carbonyl (C=O) groups excluding carboxylic acids is 2. The molecule has 1 N–H and O–H groups in total. The minimum Gasteiger partial charge on any atom is -0.497 e. The average Bonchev–Trinajstić information content (AvgIpc) is 2.78. The third-order valence-corrected chi connectivity index (χ3v) is 4.51. The molecule has 7 heteroatoms. The summed E-state index contributed by atoms with van der Waals surface area (Å²) < 4.78 is 21.8. The molecule has 0 unspecified atom stereocenters. The topological polar surface area (TPSA) is 83.1 Å². The minimum atomic E-state index is -0.943. The van der Waals surface area contributed by atoms with Gasteiger partial charge in [0.05, 0.1) is 25.9 Å². The van der Waals surface area contributed by atoms with E-state index in [1.165, 1.54) is 6.92 Å². The van der Waals surface area contributed by atoms with Crippen LogP contribution in [0.2, 0.25) is 0 Å². The van der Waals surface area contributed by atoms with Gasteiger partial charge >= 0.3 is 5.97 Å². The Balaban J connectivity index is 1.93. The van der Waals surface area contributed by atoms with E-state index < -0.39 is 12.1 Å². The van der Waals surface area contributed by atoms with Crippen LogP contribution >= 0.6 is 0 Å². The van der Waals surface area contributed by atoms with E-state index in [1.807, 2.05) is 31.2 Å². The second-order valence-corrected chi connectivity index (χ2v) is 6.91. The number of methoxy groups -OCH3 is 1. The number of amides is 1. The summed E-state index contributed by atoms with van der Waals surface area (Å²) in [4.78, 5) is 24.8. The van der Waals surface area contributed by atoms with Gasteiger partial charge in [-0.3, -0.25) is 4.79 Å². The largest absolute Gasteiger partial charge is 0.497 e. The predicted molar refractivity (Wildman–Crippen MR) is 118 cm³/mol. The van der Waals surface area contributed by atoms with Crippen LogP contribution in [0.5, 0.6) is 17.2 Å². The summed E-state index contributed by atoms with van der Waals surface area (Å²) in [6.07, 6.45) is 1.01. The van der Waals surface area contributed by atoms with Gasteiger partial charge in [-0.05, 0) is 56.2 Å². The zero-order chi connectivity index (χ0) is 22.6. The number of nitrogens with one attached hydrogen (secondary N) is 1. The number of carbonyl (C=O) groups is 2. The lowest BCUT2D eigenvalue weighted by molar-refractivity contribution is -0.129. The molecule has 0 aliphatic heterocycles. The Morgan fingerprint density at radius 3 is 2.39 bits per heavy atom. The van der Waals surface area contributed by atoms with Crippen LogP contribution in [-0.2, 0) is 16.1 Å². The lowest BCUT2D eigenvalue weighted by atomic mass is 10.2. The molecule has 1 atom stereocenters. The van der Waals surface area contributed by atoms with Crippen molar-refractivity contribution in [1.29, 1.82) is 0 Å². The highest BCUT2D eigenvalue weighted by atomic mass is 16.5. The highest BCUT2D eigenvalue weighted by molar-refractivity contribution is 5.92. The second kappa shape index (κ2) is 12.5. The van der Waals surface area contributed by atoms with Gasteiger partial charge in [0.1, 0.15) is 5.75 Å². The van der Waals surface area contributed by atoms with Crippen LogP contribution < -0.4 is 19.5 Å². The molecule has 0 aliphatic carbocycles. The molecule has 0 aromatic heterocycles. The Morgan fingerprint density at radius 1 is 1.00 bits per heavy atom. The monoisotopic (exact) mass is 429 g/mol. The van der Waals surface area contributed by atoms with E-state index in [4.69, 9.17) is 18.9 Å². The fourth-order valence-electron chi connectivity index (χ4n) is 2.71. The van der Waals surface area contributed by atoms with E-state index >= 15 is 0 Å². The fourth-order valence-corrected chi connectivity index (χ4v) is 2.71. The molecule has 0 fully saturated rings. The summed E-state index contributed by atoms with van der Waals surface area (Å²) in [5.74, 6) is 0.814. The van der Waals surface area contributed by atoms with Gasteiger partial charge in [0.2, 0.25) is 0 Å². The van der Waals surface area contributed by atoms with Crippen molar-refractivity contribution < 1.29 is 28.5 Å². The fraction of sp³-hybridized carbons (Fsp3) is 0.417. The van der Waals surface area contributed by atoms with Crippen molar-refractivity contribution in [1.82, 2.24) is 5.32 Å². The molecular weight excluding hydrogens is 398 g/mol. The Bertz CT molecular complexity index is 850. The van der Waals surface area contributed by atoms with Crippen molar-refractivity contribution in [3.63, 3.8) is 0 Å². The molecule has 7 nitrogen and oxygen atoms in total. The van der Waals surface area contributed by atoms with Crippen LogP contribution in [-0.4, -0.2) is 38.3 Å². The first-order valence-corrected chi connectivity index (χ1v) is 10.5. The Hall–Kier alpha value is -3.22. The molecule has 0 heterocycles. The number of rotatable bonds is 12. The van der Waals surface area contributed by atoms with E-state index in [0.717, 1.165) is 24.2 Å². The summed E-state index contributed by atoms with van der Waals surface area (Å²) >= 11 is 0. The maximum atomic E-state index is 12.5. The first-order chi connectivity index (χ1) is 15.0. The Labute approximate surface area is 183 Å². The van der Waals surface area contributed by atoms with E-state index in [9.17, 15) is 9.59 Å². The molecule has 0 radical (unpaired) electrons. The summed E-state index contributed by atoms with van der Waals surface area (Å²) in [6, 6.07) is 12.2. The van der Waals surface area contributed by atoms with Gasteiger partial charge in [0, 0.05) is 6.54 Å². The molecule has 0 bridgehead atoms. The maximum Gasteiger partial charge on any atom is 0.339 e. The highest BCUT2D eigenvalue weighted by Gasteiger charge is 2.20. The van der Waals surface area contributed by atoms with Crippen LogP contribution in [0.1, 0.15) is 49.5 Å². The third-order valence-electron chi connectivity index (χ3n) is 4.51. The normalized spacial score (nSPS) is 11.4. The molecule has 2 rings (SSSR count). The van der Waals surface area contributed by atoms with Crippen molar-refractivity contribution in [2.24, 2.45) is 0 Å². The third kappa shape index (κ3) is 7.51. The van der Waals surface area contributed by atoms with Crippen molar-refractivity contribution in [2.45, 2.75) is 46.3 Å². The first-order valence-electron chi connectivity index (χ1n) is 10.5. The zero-order valence-electron chi connectivity index (χ0n) is 18.6. The van der Waals surface area contributed by atoms with Gasteiger partial charge in [0.25, 0.3) is 5.91 Å². The summed E-state index contributed by atoms with van der Waals surface area (Å²) in [5, 5.41) is 2.76. The molecule has 0 saturated heterocycles. The number of esters is 1. The Morgan fingerprint density at radius 2 is 1.74 bits per heavy atom. The molecular formula is C24H31NO6. The lowest BCUT2D eigenvalue weighted by Gasteiger charge is -2.15. The van der Waals surface area contributed by atoms with Crippen LogP contribution in [0.4, 0.5) is 0 Å². The number of hydrogen-bond donors (Lipinski definition) is 1. The number of benzene rings is 2. The van der Waals surface area contributed by atoms with Gasteiger partial charge in [-0.15, -0.1) is 0 Å². The average molecular weight is 430 g/mol. The molecule has 2 aromatic rings. The number of hydrogen-bond acceptors (Lipinski definition) is 6. The number of unbranched alkanes of at least 4 members (excludes halogenated alkanes) is 1. The van der Waals surface area contributed by atoms with Crippen LogP contribution in [0.3, 0.4) is 0 Å². The van der Waals surface area contributed by atoms with Gasteiger partial charge in [-0.2, -0.15) is 0 Å². The van der Waals surface area contributed by atoms with Crippen LogP contribution in [0.15, 0.2) is 42.5 Å². The van der Waals surface area contributed by atoms with Gasteiger partial charge < -0.3 is 24.3 Å². The van der Waals surface area contributed by atoms with Crippen molar-refractivity contribution in [3.8, 4) is 17.2 Å². The summed E-state index contributed by atoms with van der Waals surface area (Å²) in [6.45, 7) is 6.81. The van der Waals surface area contributed by atoms with Gasteiger partial charge in [-0.1, -0.05) is 25.5 Å². The lowest BCUT2D eigenvalue weighted by Crippen LogP contribution is -2.35. The van der Waals surface area contributed by atoms with Crippen molar-refractivity contribution in [2.75, 3.05) is 20.3 Å². The maximum absolute atomic E-state index is 12.5. The Kier molecular flexibility index (Phi) is 9.68. The van der Waals surface area contributed by atoms with Crippen LogP contribution in [0, 0.1) is 0 Å². The molecule has 0 saturated carbocycles. The molecule has 31 heavy (non-hydrogen) atoms. The highest BCUT2D eigenvalue weighted by Crippen LogP contribution is 2.29. The molecule has 168 valence electrons. The minimum absolute atomic E-state index is 0.293. The van der Waals surface area contributed by atoms with Crippen molar-refractivity contribution >= 4 is 11.9 Å². The first kappa shape index (κ1) is 24.1. The SMILES string of the molecule is CCCCOc1ccc(C(=O)O[C@@H](C)C(=O)NCc2ccc(OC)cc2)cc1OCC. The summed E-state index contributed by atoms with van der Waals surface area (Å²) in [5.41, 5.74) is 1.20. The zero-order valence-corrected chi connectivity index (χ0v) is 18.6. The molecule has 1 amide bonds. The second-order valence-electron chi connectivity index (χ2n) is 6.91. The molecule has 2 aromatic carbocycles. The van der Waals surface area contributed by atoms with E-state index in [1.54, 1.807) is 25.3 Å². The molecule has 0 aliphatic rings. The van der Waals surface area contributed by atoms with Gasteiger partial charge in [0.15, 0.2) is 17.6 Å². The van der Waals surface area contributed by atoms with Crippen molar-refractivity contribution in [3.05, 3.63) is 53.6 Å². The molecule has 0 spiro atoms. The summed E-state index contributed by atoms with van der Waals surface area (Å²) in [7, 11) is 1.59. The standard InChI is InChI=1S/C24H31NO6/c1-5-7-14-30-21-13-10-19(15-22(21)29-6-2)24(27)31-17(3)23(26)25-16-18-8-11-20(28-4)12-9-18/h8-13,15,17H,5-7,14,16H2,1-4H3,(H,25,26)/t17-/m0/s1. The van der Waals surface area contributed by atoms with E-state index in [-0.39, 0.29) is 5.91 Å². The van der Waals surface area contributed by atoms with Gasteiger partial charge in [-0.25, -0.2) is 4.79 Å². The van der Waals surface area contributed by atoms with E-state index in [2.05, 4.69) is 12.2 Å².